The molecular weight excluding hydrogens is 284 g/mol. The van der Waals surface area contributed by atoms with Crippen LogP contribution in [0.25, 0.3) is 0 Å². The summed E-state index contributed by atoms with van der Waals surface area (Å²) in [5, 5.41) is 2.75. The van der Waals surface area contributed by atoms with Gasteiger partial charge in [-0.2, -0.15) is 0 Å². The van der Waals surface area contributed by atoms with Crippen molar-refractivity contribution in [2.75, 3.05) is 18.6 Å². The number of amides is 2. The number of ether oxygens (including phenoxy) is 1. The molecule has 1 aliphatic heterocycles. The number of hydrogen-bond acceptors (Lipinski definition) is 4. The largest absolute Gasteiger partial charge is 0.497 e. The first-order valence-electron chi connectivity index (χ1n) is 6.84. The van der Waals surface area contributed by atoms with Crippen molar-refractivity contribution in [2.24, 2.45) is 0 Å². The average Bonchev–Trinajstić information content (AvgIpc) is 3.05. The number of anilines is 1. The van der Waals surface area contributed by atoms with E-state index in [1.54, 1.807) is 30.2 Å². The molecule has 1 N–H and O–H groups in total. The van der Waals surface area contributed by atoms with Crippen LogP contribution in [0.1, 0.15) is 12.5 Å². The predicted octanol–water partition coefficient (Wildman–Crippen LogP) is 1.67. The normalized spacial score (nSPS) is 20.5. The van der Waals surface area contributed by atoms with Gasteiger partial charge in [-0.3, -0.25) is 9.59 Å². The fourth-order valence-corrected chi connectivity index (χ4v) is 2.67. The van der Waals surface area contributed by atoms with Gasteiger partial charge in [0.05, 0.1) is 26.2 Å². The highest BCUT2D eigenvalue weighted by molar-refractivity contribution is 6.09. The van der Waals surface area contributed by atoms with Crippen LogP contribution in [-0.4, -0.2) is 25.5 Å². The zero-order chi connectivity index (χ0) is 15.7. The molecule has 0 bridgehead atoms. The molecule has 3 rings (SSSR count). The van der Waals surface area contributed by atoms with Gasteiger partial charge in [0.25, 0.3) is 5.91 Å². The van der Waals surface area contributed by atoms with Crippen LogP contribution in [-0.2, 0) is 15.1 Å². The highest BCUT2D eigenvalue weighted by atomic mass is 16.5. The number of nitrogens with one attached hydrogen (secondary N) is 1. The molecule has 0 radical (unpaired) electrons. The molecular formula is C16H16N2O4. The topological polar surface area (TPSA) is 71.8 Å². The first-order valence-corrected chi connectivity index (χ1v) is 6.84. The van der Waals surface area contributed by atoms with E-state index in [4.69, 9.17) is 9.15 Å². The molecule has 1 aliphatic rings. The Labute approximate surface area is 127 Å². The van der Waals surface area contributed by atoms with E-state index in [-0.39, 0.29) is 11.8 Å². The molecule has 1 atom stereocenters. The third-order valence-corrected chi connectivity index (χ3v) is 3.79. The molecule has 6 nitrogen and oxygen atoms in total. The number of carbonyl (C=O) groups excluding carboxylic acids is 2. The quantitative estimate of drug-likeness (QED) is 0.872. The third kappa shape index (κ3) is 2.13. The molecule has 1 saturated heterocycles. The van der Waals surface area contributed by atoms with Gasteiger partial charge in [0.1, 0.15) is 5.75 Å². The Hall–Kier alpha value is -2.76. The molecule has 0 aliphatic carbocycles. The highest BCUT2D eigenvalue weighted by Gasteiger charge is 2.55. The van der Waals surface area contributed by atoms with Gasteiger partial charge < -0.3 is 19.4 Å². The number of nitrogens with zero attached hydrogens (tertiary/aromatic N) is 1. The number of benzene rings is 1. The van der Waals surface area contributed by atoms with Gasteiger partial charge in [-0.05, 0) is 30.3 Å². The van der Waals surface area contributed by atoms with Crippen LogP contribution < -0.4 is 15.0 Å². The Morgan fingerprint density at radius 2 is 2.05 bits per heavy atom. The Bertz CT molecular complexity index is 693. The summed E-state index contributed by atoms with van der Waals surface area (Å²) in [7, 11) is 1.59. The molecule has 2 aromatic rings. The summed E-state index contributed by atoms with van der Waals surface area (Å²) in [6.07, 6.45) is 2.97. The fourth-order valence-electron chi connectivity index (χ4n) is 2.67. The molecule has 2 amide bonds. The third-order valence-electron chi connectivity index (χ3n) is 3.79. The van der Waals surface area contributed by atoms with E-state index in [0.29, 0.717) is 12.1 Å². The first kappa shape index (κ1) is 14.2. The molecule has 114 valence electrons. The second-order valence-corrected chi connectivity index (χ2v) is 5.19. The molecule has 22 heavy (non-hydrogen) atoms. The van der Waals surface area contributed by atoms with E-state index >= 15 is 0 Å². The van der Waals surface area contributed by atoms with Crippen molar-refractivity contribution in [3.63, 3.8) is 0 Å². The Balaban J connectivity index is 1.87. The number of methoxy groups -OCH3 is 1. The molecule has 0 spiro atoms. The van der Waals surface area contributed by atoms with E-state index in [1.807, 2.05) is 12.1 Å². The lowest BCUT2D eigenvalue weighted by Gasteiger charge is -2.48. The highest BCUT2D eigenvalue weighted by Crippen LogP contribution is 2.37. The van der Waals surface area contributed by atoms with Crippen molar-refractivity contribution in [3.8, 4) is 5.75 Å². The van der Waals surface area contributed by atoms with Gasteiger partial charge in [-0.25, -0.2) is 0 Å². The Kier molecular flexibility index (Phi) is 3.36. The van der Waals surface area contributed by atoms with Crippen LogP contribution in [0.5, 0.6) is 5.75 Å². The van der Waals surface area contributed by atoms with Gasteiger partial charge in [0, 0.05) is 18.2 Å². The van der Waals surface area contributed by atoms with Crippen molar-refractivity contribution >= 4 is 17.5 Å². The van der Waals surface area contributed by atoms with E-state index in [2.05, 4.69) is 5.32 Å². The molecule has 1 aromatic heterocycles. The van der Waals surface area contributed by atoms with E-state index in [9.17, 15) is 9.59 Å². The van der Waals surface area contributed by atoms with Crippen LogP contribution in [0, 0.1) is 0 Å². The molecule has 6 heteroatoms. The summed E-state index contributed by atoms with van der Waals surface area (Å²) in [4.78, 5) is 25.8. The van der Waals surface area contributed by atoms with Crippen molar-refractivity contribution in [1.82, 2.24) is 5.32 Å². The van der Waals surface area contributed by atoms with Gasteiger partial charge >= 0.3 is 0 Å². The lowest BCUT2D eigenvalue weighted by Crippen LogP contribution is -2.72. The number of hydrogen-bond donors (Lipinski definition) is 1. The Morgan fingerprint density at radius 1 is 1.32 bits per heavy atom. The van der Waals surface area contributed by atoms with Crippen LogP contribution in [0.4, 0.5) is 5.69 Å². The average molecular weight is 300 g/mol. The lowest BCUT2D eigenvalue weighted by molar-refractivity contribution is -0.136. The molecule has 1 unspecified atom stereocenters. The second-order valence-electron chi connectivity index (χ2n) is 5.19. The van der Waals surface area contributed by atoms with Crippen molar-refractivity contribution < 1.29 is 18.7 Å². The minimum absolute atomic E-state index is 0.186. The summed E-state index contributed by atoms with van der Waals surface area (Å²) in [5.41, 5.74) is 0.367. The molecule has 1 fully saturated rings. The van der Waals surface area contributed by atoms with Crippen LogP contribution in [0.2, 0.25) is 0 Å². The molecule has 1 aromatic carbocycles. The van der Waals surface area contributed by atoms with Gasteiger partial charge in [-0.1, -0.05) is 0 Å². The van der Waals surface area contributed by atoms with Crippen molar-refractivity contribution in [2.45, 2.75) is 12.5 Å². The predicted molar refractivity (Wildman–Crippen MR) is 79.5 cm³/mol. The molecule has 0 saturated carbocycles. The zero-order valence-corrected chi connectivity index (χ0v) is 12.3. The monoisotopic (exact) mass is 300 g/mol. The smallest absolute Gasteiger partial charge is 0.259 e. The standard InChI is InChI=1S/C16H16N2O4/c1-11(19)17-16(12-7-8-22-9-12)10-18(15(16)20)13-3-5-14(21-2)6-4-13/h3-9H,10H2,1-2H3,(H,17,19). The minimum Gasteiger partial charge on any atom is -0.497 e. The summed E-state index contributed by atoms with van der Waals surface area (Å²) in [5.74, 6) is 0.276. The van der Waals surface area contributed by atoms with Gasteiger partial charge in [-0.15, -0.1) is 0 Å². The van der Waals surface area contributed by atoms with Crippen molar-refractivity contribution in [3.05, 3.63) is 48.4 Å². The zero-order valence-electron chi connectivity index (χ0n) is 12.3. The maximum atomic E-state index is 12.7. The van der Waals surface area contributed by atoms with Gasteiger partial charge in [0.2, 0.25) is 5.91 Å². The van der Waals surface area contributed by atoms with Gasteiger partial charge in [0.15, 0.2) is 5.54 Å². The number of carbonyl (C=O) groups is 2. The number of furan rings is 1. The minimum atomic E-state index is -1.04. The summed E-state index contributed by atoms with van der Waals surface area (Å²) < 4.78 is 10.2. The SMILES string of the molecule is COc1ccc(N2CC(NC(C)=O)(c3ccoc3)C2=O)cc1. The van der Waals surface area contributed by atoms with E-state index in [0.717, 1.165) is 11.4 Å². The Morgan fingerprint density at radius 3 is 2.55 bits per heavy atom. The number of rotatable bonds is 4. The number of β-lactam (4-membered cyclic amide) rings is 1. The first-order chi connectivity index (χ1) is 10.6. The fraction of sp³-hybridized carbons (Fsp3) is 0.250. The van der Waals surface area contributed by atoms with Crippen LogP contribution in [0.3, 0.4) is 0 Å². The van der Waals surface area contributed by atoms with E-state index in [1.165, 1.54) is 19.5 Å². The molecule has 2 heterocycles. The maximum absolute atomic E-state index is 12.7. The summed E-state index contributed by atoms with van der Waals surface area (Å²) in [6.45, 7) is 1.75. The summed E-state index contributed by atoms with van der Waals surface area (Å²) >= 11 is 0. The van der Waals surface area contributed by atoms with E-state index < -0.39 is 5.54 Å². The summed E-state index contributed by atoms with van der Waals surface area (Å²) in [6, 6.07) is 8.89. The lowest BCUT2D eigenvalue weighted by atomic mass is 9.82. The van der Waals surface area contributed by atoms with Crippen LogP contribution in [0.15, 0.2) is 47.3 Å². The second kappa shape index (κ2) is 5.22. The maximum Gasteiger partial charge on any atom is 0.259 e. The van der Waals surface area contributed by atoms with Crippen molar-refractivity contribution in [1.29, 1.82) is 0 Å². The van der Waals surface area contributed by atoms with Crippen LogP contribution >= 0.6 is 0 Å².